The molecule has 0 aromatic carbocycles. The van der Waals surface area contributed by atoms with Crippen molar-refractivity contribution in [3.05, 3.63) is 0 Å². The number of nitrogens with one attached hydrogen (secondary N) is 1. The minimum absolute atomic E-state index is 0.752. The van der Waals surface area contributed by atoms with Gasteiger partial charge in [0.2, 0.25) is 0 Å². The third-order valence-electron chi connectivity index (χ3n) is 3.74. The molecule has 1 unspecified atom stereocenters. The number of hydrogen-bond acceptors (Lipinski definition) is 3. The van der Waals surface area contributed by atoms with Crippen molar-refractivity contribution in [2.45, 2.75) is 18.9 Å². The van der Waals surface area contributed by atoms with E-state index < -0.39 is 0 Å². The number of likely N-dealkylation sites (N-methyl/N-ethyl adjacent to an activating group) is 1. The van der Waals surface area contributed by atoms with Crippen molar-refractivity contribution in [3.63, 3.8) is 0 Å². The zero-order chi connectivity index (χ0) is 9.97. The van der Waals surface area contributed by atoms with Gasteiger partial charge in [0.15, 0.2) is 0 Å². The van der Waals surface area contributed by atoms with Gasteiger partial charge in [0.1, 0.15) is 0 Å². The van der Waals surface area contributed by atoms with Crippen LogP contribution in [-0.2, 0) is 0 Å². The van der Waals surface area contributed by atoms with Gasteiger partial charge in [-0.15, -0.1) is 0 Å². The number of hydrogen-bond donors (Lipinski definition) is 1. The highest BCUT2D eigenvalue weighted by atomic mass is 15.2. The first-order valence-corrected chi connectivity index (χ1v) is 5.86. The molecule has 2 aliphatic heterocycles. The summed E-state index contributed by atoms with van der Waals surface area (Å²) >= 11 is 0. The molecule has 0 radical (unpaired) electrons. The third-order valence-corrected chi connectivity index (χ3v) is 3.74. The first-order chi connectivity index (χ1) is 6.75. The van der Waals surface area contributed by atoms with Crippen molar-refractivity contribution in [2.24, 2.45) is 5.92 Å². The minimum atomic E-state index is 0.752. The Balaban J connectivity index is 1.82. The van der Waals surface area contributed by atoms with Gasteiger partial charge < -0.3 is 15.1 Å². The molecule has 2 rings (SSSR count). The predicted octanol–water partition coefficient (Wildman–Crippen LogP) is 0.232. The van der Waals surface area contributed by atoms with Gasteiger partial charge in [-0.2, -0.15) is 0 Å². The van der Waals surface area contributed by atoms with Gasteiger partial charge in [0.25, 0.3) is 0 Å². The Bertz CT molecular complexity index is 175. The molecule has 0 saturated carbocycles. The Hall–Kier alpha value is -0.120. The molecule has 2 heterocycles. The Kier molecular flexibility index (Phi) is 3.42. The average Bonchev–Trinajstić information content (AvgIpc) is 2.19. The van der Waals surface area contributed by atoms with Crippen molar-refractivity contribution < 1.29 is 0 Å². The molecule has 2 aliphatic rings. The molecule has 0 aromatic heterocycles. The molecule has 0 aromatic rings. The zero-order valence-corrected chi connectivity index (χ0v) is 9.50. The van der Waals surface area contributed by atoms with Crippen LogP contribution in [0.1, 0.15) is 12.8 Å². The Morgan fingerprint density at radius 2 is 1.71 bits per heavy atom. The first-order valence-electron chi connectivity index (χ1n) is 5.86. The highest BCUT2D eigenvalue weighted by Crippen LogP contribution is 2.21. The summed E-state index contributed by atoms with van der Waals surface area (Å²) in [7, 11) is 4.47. The molecule has 0 amide bonds. The van der Waals surface area contributed by atoms with E-state index in [4.69, 9.17) is 0 Å². The molecule has 0 spiro atoms. The molecule has 2 fully saturated rings. The number of rotatable bonds is 1. The maximum Gasteiger partial charge on any atom is 0.0224 e. The summed E-state index contributed by atoms with van der Waals surface area (Å²) in [5.41, 5.74) is 0. The van der Waals surface area contributed by atoms with Gasteiger partial charge >= 0.3 is 0 Å². The summed E-state index contributed by atoms with van der Waals surface area (Å²) in [6.07, 6.45) is 2.75. The Morgan fingerprint density at radius 1 is 1.00 bits per heavy atom. The minimum Gasteiger partial charge on any atom is -0.311 e. The van der Waals surface area contributed by atoms with Gasteiger partial charge in [-0.1, -0.05) is 0 Å². The summed E-state index contributed by atoms with van der Waals surface area (Å²) < 4.78 is 0. The quantitative estimate of drug-likeness (QED) is 0.649. The van der Waals surface area contributed by atoms with Crippen LogP contribution in [0.3, 0.4) is 0 Å². The molecule has 1 atom stereocenters. The van der Waals surface area contributed by atoms with Gasteiger partial charge in [-0.25, -0.2) is 0 Å². The van der Waals surface area contributed by atoms with Crippen LogP contribution in [0.5, 0.6) is 0 Å². The van der Waals surface area contributed by atoms with E-state index in [2.05, 4.69) is 29.2 Å². The van der Waals surface area contributed by atoms with E-state index >= 15 is 0 Å². The van der Waals surface area contributed by atoms with Gasteiger partial charge in [0.05, 0.1) is 0 Å². The molecule has 0 aliphatic carbocycles. The summed E-state index contributed by atoms with van der Waals surface area (Å²) in [5.74, 6) is 0.911. The van der Waals surface area contributed by atoms with Crippen LogP contribution in [0.4, 0.5) is 0 Å². The second-order valence-electron chi connectivity index (χ2n) is 4.96. The van der Waals surface area contributed by atoms with Gasteiger partial charge in [-0.3, -0.25) is 0 Å². The SMILES string of the molecule is CN1CCC(C2CN(C)CCN2)CC1. The van der Waals surface area contributed by atoms with Crippen LogP contribution in [0.25, 0.3) is 0 Å². The van der Waals surface area contributed by atoms with Crippen LogP contribution >= 0.6 is 0 Å². The third kappa shape index (κ3) is 2.47. The predicted molar refractivity (Wildman–Crippen MR) is 59.5 cm³/mol. The smallest absolute Gasteiger partial charge is 0.0224 e. The number of likely N-dealkylation sites (tertiary alicyclic amines) is 1. The summed E-state index contributed by atoms with van der Waals surface area (Å²) in [4.78, 5) is 4.91. The van der Waals surface area contributed by atoms with E-state index in [9.17, 15) is 0 Å². The number of piperidine rings is 1. The van der Waals surface area contributed by atoms with E-state index in [1.54, 1.807) is 0 Å². The first kappa shape index (κ1) is 10.4. The Morgan fingerprint density at radius 3 is 2.36 bits per heavy atom. The maximum atomic E-state index is 3.67. The van der Waals surface area contributed by atoms with E-state index in [0.717, 1.165) is 12.0 Å². The average molecular weight is 197 g/mol. The van der Waals surface area contributed by atoms with Crippen molar-refractivity contribution in [1.29, 1.82) is 0 Å². The van der Waals surface area contributed by atoms with E-state index in [-0.39, 0.29) is 0 Å². The summed E-state index contributed by atoms with van der Waals surface area (Å²) in [6.45, 7) is 6.20. The molecular formula is C11H23N3. The van der Waals surface area contributed by atoms with Crippen LogP contribution in [0, 0.1) is 5.92 Å². The topological polar surface area (TPSA) is 18.5 Å². The molecule has 82 valence electrons. The van der Waals surface area contributed by atoms with E-state index in [1.807, 2.05) is 0 Å². The Labute approximate surface area is 87.4 Å². The standard InChI is InChI=1S/C11H23N3/c1-13-6-3-10(4-7-13)11-9-14(2)8-5-12-11/h10-12H,3-9H2,1-2H3. The second-order valence-corrected chi connectivity index (χ2v) is 4.96. The lowest BCUT2D eigenvalue weighted by Crippen LogP contribution is -2.54. The normalized spacial score (nSPS) is 33.4. The molecular weight excluding hydrogens is 174 g/mol. The van der Waals surface area contributed by atoms with Gasteiger partial charge in [0, 0.05) is 25.7 Å². The van der Waals surface area contributed by atoms with E-state index in [1.165, 1.54) is 45.6 Å². The molecule has 14 heavy (non-hydrogen) atoms. The van der Waals surface area contributed by atoms with Crippen LogP contribution < -0.4 is 5.32 Å². The summed E-state index contributed by atoms with van der Waals surface area (Å²) in [5, 5.41) is 3.67. The highest BCUT2D eigenvalue weighted by Gasteiger charge is 2.27. The largest absolute Gasteiger partial charge is 0.311 e. The van der Waals surface area contributed by atoms with Crippen molar-refractivity contribution in [3.8, 4) is 0 Å². The second kappa shape index (κ2) is 4.60. The molecule has 3 nitrogen and oxygen atoms in total. The molecule has 2 saturated heterocycles. The van der Waals surface area contributed by atoms with Crippen molar-refractivity contribution in [2.75, 3.05) is 46.8 Å². The maximum absolute atomic E-state index is 3.67. The number of nitrogens with zero attached hydrogens (tertiary/aromatic N) is 2. The van der Waals surface area contributed by atoms with Crippen molar-refractivity contribution >= 4 is 0 Å². The fourth-order valence-corrected chi connectivity index (χ4v) is 2.68. The fraction of sp³-hybridized carbons (Fsp3) is 1.00. The van der Waals surface area contributed by atoms with Crippen LogP contribution in [-0.4, -0.2) is 62.7 Å². The van der Waals surface area contributed by atoms with Crippen LogP contribution in [0.2, 0.25) is 0 Å². The van der Waals surface area contributed by atoms with E-state index in [0.29, 0.717) is 0 Å². The molecule has 3 heteroatoms. The zero-order valence-electron chi connectivity index (χ0n) is 9.50. The lowest BCUT2D eigenvalue weighted by Gasteiger charge is -2.39. The highest BCUT2D eigenvalue weighted by molar-refractivity contribution is 4.86. The number of piperazine rings is 1. The fourth-order valence-electron chi connectivity index (χ4n) is 2.68. The van der Waals surface area contributed by atoms with Gasteiger partial charge in [-0.05, 0) is 45.9 Å². The molecule has 1 N–H and O–H groups in total. The summed E-state index contributed by atoms with van der Waals surface area (Å²) in [6, 6.07) is 0.752. The lowest BCUT2D eigenvalue weighted by molar-refractivity contribution is 0.137. The molecule has 0 bridgehead atoms. The monoisotopic (exact) mass is 197 g/mol. The van der Waals surface area contributed by atoms with Crippen LogP contribution in [0.15, 0.2) is 0 Å². The lowest BCUT2D eigenvalue weighted by atomic mass is 9.88. The van der Waals surface area contributed by atoms with Crippen molar-refractivity contribution in [1.82, 2.24) is 15.1 Å².